The molecule has 0 aromatic carbocycles. The first-order chi connectivity index (χ1) is 8.82. The fraction of sp³-hybridized carbons (Fsp3) is 0.933. The summed E-state index contributed by atoms with van der Waals surface area (Å²) in [5.41, 5.74) is 0. The lowest BCUT2D eigenvalue weighted by molar-refractivity contribution is -0.132. The molecule has 4 nitrogen and oxygen atoms in total. The van der Waals surface area contributed by atoms with Gasteiger partial charge in [-0.3, -0.25) is 4.79 Å². The van der Waals surface area contributed by atoms with E-state index in [1.807, 2.05) is 19.0 Å². The maximum absolute atomic E-state index is 12.2. The highest BCUT2D eigenvalue weighted by molar-refractivity contribution is 5.76. The summed E-state index contributed by atoms with van der Waals surface area (Å²) in [5, 5.41) is 3.35. The number of nitrogens with one attached hydrogen (secondary N) is 1. The highest BCUT2D eigenvalue weighted by Gasteiger charge is 2.14. The Labute approximate surface area is 119 Å². The average Bonchev–Trinajstić information content (AvgIpc) is 2.28. The van der Waals surface area contributed by atoms with Crippen molar-refractivity contribution in [2.45, 2.75) is 46.6 Å². The summed E-state index contributed by atoms with van der Waals surface area (Å²) in [4.78, 5) is 16.4. The van der Waals surface area contributed by atoms with Crippen LogP contribution in [0.15, 0.2) is 0 Å². The maximum atomic E-state index is 12.2. The van der Waals surface area contributed by atoms with Crippen LogP contribution in [-0.4, -0.2) is 62.0 Å². The number of rotatable bonds is 10. The molecule has 0 atom stereocenters. The largest absolute Gasteiger partial charge is 0.341 e. The second-order valence-electron chi connectivity index (χ2n) is 6.25. The van der Waals surface area contributed by atoms with Gasteiger partial charge >= 0.3 is 0 Å². The first-order valence-electron chi connectivity index (χ1n) is 7.48. The number of carbonyl (C=O) groups is 1. The highest BCUT2D eigenvalue weighted by Crippen LogP contribution is 2.03. The Morgan fingerprint density at radius 2 is 1.74 bits per heavy atom. The van der Waals surface area contributed by atoms with Crippen molar-refractivity contribution >= 4 is 5.91 Å². The van der Waals surface area contributed by atoms with Crippen LogP contribution in [0.25, 0.3) is 0 Å². The van der Waals surface area contributed by atoms with E-state index in [9.17, 15) is 4.79 Å². The van der Waals surface area contributed by atoms with Gasteiger partial charge in [0.1, 0.15) is 0 Å². The van der Waals surface area contributed by atoms with Crippen LogP contribution in [0.4, 0.5) is 0 Å². The van der Waals surface area contributed by atoms with Gasteiger partial charge in [-0.25, -0.2) is 0 Å². The molecule has 0 spiro atoms. The van der Waals surface area contributed by atoms with Crippen molar-refractivity contribution in [3.05, 3.63) is 0 Å². The van der Waals surface area contributed by atoms with Crippen LogP contribution in [0.3, 0.4) is 0 Å². The normalized spacial score (nSPS) is 11.6. The zero-order valence-corrected chi connectivity index (χ0v) is 13.7. The van der Waals surface area contributed by atoms with Crippen molar-refractivity contribution in [3.63, 3.8) is 0 Å². The van der Waals surface area contributed by atoms with E-state index in [1.54, 1.807) is 0 Å². The number of amides is 1. The lowest BCUT2D eigenvalue weighted by Gasteiger charge is -2.26. The molecule has 0 aliphatic carbocycles. The third-order valence-electron chi connectivity index (χ3n) is 2.88. The van der Waals surface area contributed by atoms with Gasteiger partial charge < -0.3 is 15.1 Å². The van der Waals surface area contributed by atoms with Gasteiger partial charge in [-0.15, -0.1) is 0 Å². The van der Waals surface area contributed by atoms with E-state index in [0.29, 0.717) is 24.3 Å². The number of carbonyl (C=O) groups excluding carboxylic acids is 1. The minimum atomic E-state index is 0.293. The molecule has 0 aliphatic rings. The zero-order chi connectivity index (χ0) is 14.8. The van der Waals surface area contributed by atoms with Gasteiger partial charge in [0.05, 0.1) is 0 Å². The molecule has 1 N–H and O–H groups in total. The molecule has 0 unspecified atom stereocenters. The first kappa shape index (κ1) is 18.4. The Morgan fingerprint density at radius 3 is 2.21 bits per heavy atom. The van der Waals surface area contributed by atoms with E-state index in [4.69, 9.17) is 0 Å². The monoisotopic (exact) mass is 271 g/mol. The van der Waals surface area contributed by atoms with Crippen molar-refractivity contribution in [2.75, 3.05) is 40.3 Å². The molecule has 0 heterocycles. The average molecular weight is 271 g/mol. The van der Waals surface area contributed by atoms with Gasteiger partial charge in [-0.2, -0.15) is 0 Å². The van der Waals surface area contributed by atoms with Crippen molar-refractivity contribution < 1.29 is 4.79 Å². The Bertz CT molecular complexity index is 240. The van der Waals surface area contributed by atoms with Gasteiger partial charge in [0.15, 0.2) is 0 Å². The second kappa shape index (κ2) is 10.2. The molecule has 0 rings (SSSR count). The van der Waals surface area contributed by atoms with E-state index in [-0.39, 0.29) is 0 Å². The minimum Gasteiger partial charge on any atom is -0.341 e. The van der Waals surface area contributed by atoms with Crippen molar-refractivity contribution in [1.82, 2.24) is 15.1 Å². The smallest absolute Gasteiger partial charge is 0.222 e. The summed E-state index contributed by atoms with van der Waals surface area (Å²) in [6.07, 6.45) is 1.58. The summed E-state index contributed by atoms with van der Waals surface area (Å²) in [5.74, 6) is 0.820. The van der Waals surface area contributed by atoms with Gasteiger partial charge in [0.2, 0.25) is 5.91 Å². The second-order valence-corrected chi connectivity index (χ2v) is 6.25. The SMILES string of the molecule is CC(C)CN(CCN(C)C)C(=O)CCCNC(C)C. The number of likely N-dealkylation sites (N-methyl/N-ethyl adjacent to an activating group) is 1. The van der Waals surface area contributed by atoms with E-state index in [0.717, 1.165) is 32.6 Å². The van der Waals surface area contributed by atoms with Crippen molar-refractivity contribution in [3.8, 4) is 0 Å². The quantitative estimate of drug-likeness (QED) is 0.616. The third kappa shape index (κ3) is 11.0. The minimum absolute atomic E-state index is 0.293. The lowest BCUT2D eigenvalue weighted by atomic mass is 10.2. The van der Waals surface area contributed by atoms with Crippen molar-refractivity contribution in [1.29, 1.82) is 0 Å². The molecule has 0 fully saturated rings. The molecule has 0 aliphatic heterocycles. The predicted molar refractivity (Wildman–Crippen MR) is 82.3 cm³/mol. The van der Waals surface area contributed by atoms with Gasteiger partial charge in [0.25, 0.3) is 0 Å². The van der Waals surface area contributed by atoms with Gasteiger partial charge in [-0.1, -0.05) is 27.7 Å². The molecule has 114 valence electrons. The molecule has 19 heavy (non-hydrogen) atoms. The van der Waals surface area contributed by atoms with Crippen LogP contribution in [0.2, 0.25) is 0 Å². The van der Waals surface area contributed by atoms with Gasteiger partial charge in [-0.05, 0) is 33.0 Å². The van der Waals surface area contributed by atoms with Crippen LogP contribution in [0.5, 0.6) is 0 Å². The Hall–Kier alpha value is -0.610. The molecule has 0 aromatic rings. The Kier molecular flexibility index (Phi) is 9.88. The number of nitrogens with zero attached hydrogens (tertiary/aromatic N) is 2. The molecular weight excluding hydrogens is 238 g/mol. The molecule has 0 radical (unpaired) electrons. The van der Waals surface area contributed by atoms with E-state index in [2.05, 4.69) is 37.9 Å². The molecule has 1 amide bonds. The molecule has 0 bridgehead atoms. The van der Waals surface area contributed by atoms with E-state index < -0.39 is 0 Å². The summed E-state index contributed by atoms with van der Waals surface area (Å²) in [6.45, 7) is 12.1. The van der Waals surface area contributed by atoms with Crippen molar-refractivity contribution in [2.24, 2.45) is 5.92 Å². The third-order valence-corrected chi connectivity index (χ3v) is 2.88. The Morgan fingerprint density at radius 1 is 1.11 bits per heavy atom. The fourth-order valence-electron chi connectivity index (χ4n) is 1.87. The van der Waals surface area contributed by atoms with Gasteiger partial charge in [0, 0.05) is 32.1 Å². The highest BCUT2D eigenvalue weighted by atomic mass is 16.2. The molecular formula is C15H33N3O. The predicted octanol–water partition coefficient (Wildman–Crippen LogP) is 1.81. The Balaban J connectivity index is 4.07. The van der Waals surface area contributed by atoms with Crippen LogP contribution in [-0.2, 0) is 4.79 Å². The topological polar surface area (TPSA) is 35.6 Å². The van der Waals surface area contributed by atoms with Crippen LogP contribution in [0, 0.1) is 5.92 Å². The molecule has 0 saturated heterocycles. The summed E-state index contributed by atoms with van der Waals surface area (Å²) in [6, 6.07) is 0.496. The summed E-state index contributed by atoms with van der Waals surface area (Å²) < 4.78 is 0. The standard InChI is InChI=1S/C15H33N3O/c1-13(2)12-18(11-10-17(5)6)15(19)8-7-9-16-14(3)4/h13-14,16H,7-12H2,1-6H3. The maximum Gasteiger partial charge on any atom is 0.222 e. The summed E-state index contributed by atoms with van der Waals surface area (Å²) in [7, 11) is 4.09. The summed E-state index contributed by atoms with van der Waals surface area (Å²) >= 11 is 0. The fourth-order valence-corrected chi connectivity index (χ4v) is 1.87. The zero-order valence-electron chi connectivity index (χ0n) is 13.7. The molecule has 0 saturated carbocycles. The first-order valence-corrected chi connectivity index (χ1v) is 7.48. The number of hydrogen-bond acceptors (Lipinski definition) is 3. The lowest BCUT2D eigenvalue weighted by Crippen LogP contribution is -2.39. The van der Waals surface area contributed by atoms with E-state index >= 15 is 0 Å². The van der Waals surface area contributed by atoms with Crippen LogP contribution < -0.4 is 5.32 Å². The molecule has 0 aromatic heterocycles. The van der Waals surface area contributed by atoms with Crippen LogP contribution in [0.1, 0.15) is 40.5 Å². The van der Waals surface area contributed by atoms with E-state index in [1.165, 1.54) is 0 Å². The number of hydrogen-bond donors (Lipinski definition) is 1. The van der Waals surface area contributed by atoms with Crippen LogP contribution >= 0.6 is 0 Å². The molecule has 4 heteroatoms.